The summed E-state index contributed by atoms with van der Waals surface area (Å²) >= 11 is 6.00. The monoisotopic (exact) mass is 298 g/mol. The molecule has 1 fully saturated rings. The Morgan fingerprint density at radius 3 is 2.45 bits per heavy atom. The highest BCUT2D eigenvalue weighted by Crippen LogP contribution is 2.39. The lowest BCUT2D eigenvalue weighted by molar-refractivity contribution is 0.188. The molecular formula is C15H23ClN2O2. The predicted molar refractivity (Wildman–Crippen MR) is 81.6 cm³/mol. The smallest absolute Gasteiger partial charge is 0.297 e. The third-order valence-corrected chi connectivity index (χ3v) is 4.67. The standard InChI is InChI=1S/C15H23ClN2O2/c1-4-5-11-12(16)17-14(20)18(13(11)19)10-6-8-15(2,3)9-7-10/h10H,4-9H2,1-3H3,(H,17,20). The second-order valence-electron chi connectivity index (χ2n) is 6.54. The van der Waals surface area contributed by atoms with Gasteiger partial charge in [0.15, 0.2) is 0 Å². The van der Waals surface area contributed by atoms with E-state index >= 15 is 0 Å². The molecular weight excluding hydrogens is 276 g/mol. The van der Waals surface area contributed by atoms with E-state index in [2.05, 4.69) is 18.8 Å². The van der Waals surface area contributed by atoms with Crippen molar-refractivity contribution in [3.05, 3.63) is 31.6 Å². The molecule has 0 atom stereocenters. The number of hydrogen-bond donors (Lipinski definition) is 1. The first-order chi connectivity index (χ1) is 9.35. The number of H-pyrrole nitrogens is 1. The average Bonchev–Trinajstić information content (AvgIpc) is 2.36. The highest BCUT2D eigenvalue weighted by molar-refractivity contribution is 6.30. The first-order valence-electron chi connectivity index (χ1n) is 7.39. The van der Waals surface area contributed by atoms with Gasteiger partial charge in [0.2, 0.25) is 0 Å². The van der Waals surface area contributed by atoms with Crippen LogP contribution in [0.3, 0.4) is 0 Å². The van der Waals surface area contributed by atoms with Crippen LogP contribution in [0, 0.1) is 5.41 Å². The van der Waals surface area contributed by atoms with Crippen molar-refractivity contribution >= 4 is 11.6 Å². The number of halogens is 1. The molecule has 1 aromatic rings. The number of rotatable bonds is 3. The van der Waals surface area contributed by atoms with E-state index in [0.717, 1.165) is 32.1 Å². The molecule has 1 heterocycles. The zero-order chi connectivity index (χ0) is 14.9. The molecule has 1 saturated carbocycles. The fourth-order valence-electron chi connectivity index (χ4n) is 3.00. The highest BCUT2D eigenvalue weighted by atomic mass is 35.5. The molecule has 0 radical (unpaired) electrons. The van der Waals surface area contributed by atoms with Gasteiger partial charge in [0.05, 0.1) is 5.56 Å². The summed E-state index contributed by atoms with van der Waals surface area (Å²) in [6, 6.07) is 0.00662. The van der Waals surface area contributed by atoms with E-state index in [4.69, 9.17) is 11.6 Å². The van der Waals surface area contributed by atoms with Crippen molar-refractivity contribution in [1.29, 1.82) is 0 Å². The highest BCUT2D eigenvalue weighted by Gasteiger charge is 2.29. The first-order valence-corrected chi connectivity index (χ1v) is 7.76. The van der Waals surface area contributed by atoms with Gasteiger partial charge in [0, 0.05) is 6.04 Å². The van der Waals surface area contributed by atoms with Crippen molar-refractivity contribution < 1.29 is 0 Å². The lowest BCUT2D eigenvalue weighted by Gasteiger charge is -2.34. The van der Waals surface area contributed by atoms with Crippen LogP contribution in [0.15, 0.2) is 9.59 Å². The molecule has 0 amide bonds. The Balaban J connectivity index is 2.40. The van der Waals surface area contributed by atoms with Crippen LogP contribution in [0.25, 0.3) is 0 Å². The lowest BCUT2D eigenvalue weighted by atomic mass is 9.75. The number of nitrogens with zero attached hydrogens (tertiary/aromatic N) is 1. The molecule has 4 nitrogen and oxygen atoms in total. The van der Waals surface area contributed by atoms with Gasteiger partial charge in [-0.15, -0.1) is 0 Å². The normalized spacial score (nSPS) is 19.2. The molecule has 5 heteroatoms. The maximum Gasteiger partial charge on any atom is 0.329 e. The minimum Gasteiger partial charge on any atom is -0.297 e. The van der Waals surface area contributed by atoms with Crippen LogP contribution in [0.1, 0.15) is 64.5 Å². The molecule has 0 saturated heterocycles. The Hall–Kier alpha value is -1.03. The van der Waals surface area contributed by atoms with Crippen LogP contribution in [-0.4, -0.2) is 9.55 Å². The van der Waals surface area contributed by atoms with E-state index < -0.39 is 0 Å². The summed E-state index contributed by atoms with van der Waals surface area (Å²) in [6.07, 6.45) is 5.27. The third-order valence-electron chi connectivity index (χ3n) is 4.35. The van der Waals surface area contributed by atoms with E-state index in [0.29, 0.717) is 17.4 Å². The van der Waals surface area contributed by atoms with E-state index in [9.17, 15) is 9.59 Å². The molecule has 112 valence electrons. The Labute approximate surface area is 124 Å². The van der Waals surface area contributed by atoms with E-state index in [-0.39, 0.29) is 22.4 Å². The summed E-state index contributed by atoms with van der Waals surface area (Å²) < 4.78 is 1.39. The molecule has 2 rings (SSSR count). The summed E-state index contributed by atoms with van der Waals surface area (Å²) in [7, 11) is 0. The van der Waals surface area contributed by atoms with Gasteiger partial charge in [-0.1, -0.05) is 38.8 Å². The van der Waals surface area contributed by atoms with Crippen molar-refractivity contribution in [2.75, 3.05) is 0 Å². The summed E-state index contributed by atoms with van der Waals surface area (Å²) in [4.78, 5) is 27.2. The largest absolute Gasteiger partial charge is 0.329 e. The number of aromatic nitrogens is 2. The number of hydrogen-bond acceptors (Lipinski definition) is 2. The van der Waals surface area contributed by atoms with Crippen LogP contribution in [-0.2, 0) is 6.42 Å². The van der Waals surface area contributed by atoms with Crippen LogP contribution in [0.4, 0.5) is 0 Å². The van der Waals surface area contributed by atoms with E-state index in [1.54, 1.807) is 0 Å². The minimum absolute atomic E-state index is 0.00662. The zero-order valence-electron chi connectivity index (χ0n) is 12.5. The Bertz CT molecular complexity index is 591. The second-order valence-corrected chi connectivity index (χ2v) is 6.92. The molecule has 0 spiro atoms. The van der Waals surface area contributed by atoms with Crippen molar-refractivity contribution in [1.82, 2.24) is 9.55 Å². The summed E-state index contributed by atoms with van der Waals surface area (Å²) in [5, 5.41) is 0.203. The van der Waals surface area contributed by atoms with Crippen LogP contribution in [0.5, 0.6) is 0 Å². The maximum atomic E-state index is 12.5. The van der Waals surface area contributed by atoms with Crippen LogP contribution in [0.2, 0.25) is 5.15 Å². The predicted octanol–water partition coefficient (Wildman–Crippen LogP) is 3.28. The fourth-order valence-corrected chi connectivity index (χ4v) is 3.26. The zero-order valence-corrected chi connectivity index (χ0v) is 13.2. The summed E-state index contributed by atoms with van der Waals surface area (Å²) in [5.41, 5.74) is 0.277. The average molecular weight is 299 g/mol. The molecule has 1 aliphatic carbocycles. The molecule has 1 aliphatic rings. The summed E-state index contributed by atoms with van der Waals surface area (Å²) in [6.45, 7) is 6.47. The number of aromatic amines is 1. The molecule has 0 aromatic carbocycles. The molecule has 0 bridgehead atoms. The van der Waals surface area contributed by atoms with Gasteiger partial charge >= 0.3 is 5.69 Å². The molecule has 1 aromatic heterocycles. The Kier molecular flexibility index (Phi) is 4.43. The fraction of sp³-hybridized carbons (Fsp3) is 0.733. The molecule has 0 aliphatic heterocycles. The van der Waals surface area contributed by atoms with Crippen molar-refractivity contribution in [2.45, 2.75) is 65.3 Å². The van der Waals surface area contributed by atoms with Gasteiger partial charge in [-0.05, 0) is 37.5 Å². The van der Waals surface area contributed by atoms with Gasteiger partial charge in [-0.2, -0.15) is 0 Å². The quantitative estimate of drug-likeness (QED) is 0.871. The van der Waals surface area contributed by atoms with Gasteiger partial charge in [-0.25, -0.2) is 4.79 Å². The SMILES string of the molecule is CCCc1c(Cl)[nH]c(=O)n(C2CCC(C)(C)CC2)c1=O. The van der Waals surface area contributed by atoms with Crippen LogP contribution < -0.4 is 11.2 Å². The Morgan fingerprint density at radius 2 is 1.90 bits per heavy atom. The second kappa shape index (κ2) is 5.76. The van der Waals surface area contributed by atoms with Crippen molar-refractivity contribution in [3.63, 3.8) is 0 Å². The number of nitrogens with one attached hydrogen (secondary N) is 1. The minimum atomic E-state index is -0.371. The van der Waals surface area contributed by atoms with Gasteiger partial charge in [0.1, 0.15) is 5.15 Å². The summed E-state index contributed by atoms with van der Waals surface area (Å²) in [5.74, 6) is 0. The van der Waals surface area contributed by atoms with Gasteiger partial charge in [0.25, 0.3) is 5.56 Å². The molecule has 20 heavy (non-hydrogen) atoms. The van der Waals surface area contributed by atoms with Gasteiger partial charge in [-0.3, -0.25) is 14.3 Å². The lowest BCUT2D eigenvalue weighted by Crippen LogP contribution is -2.41. The maximum absolute atomic E-state index is 12.5. The Morgan fingerprint density at radius 1 is 1.30 bits per heavy atom. The van der Waals surface area contributed by atoms with Crippen molar-refractivity contribution in [3.8, 4) is 0 Å². The first kappa shape index (κ1) is 15.4. The van der Waals surface area contributed by atoms with E-state index in [1.165, 1.54) is 4.57 Å². The van der Waals surface area contributed by atoms with Crippen LogP contribution >= 0.6 is 11.6 Å². The van der Waals surface area contributed by atoms with Gasteiger partial charge < -0.3 is 0 Å². The molecule has 1 N–H and O–H groups in total. The van der Waals surface area contributed by atoms with E-state index in [1.807, 2.05) is 6.92 Å². The topological polar surface area (TPSA) is 54.9 Å². The molecule has 0 unspecified atom stereocenters. The van der Waals surface area contributed by atoms with Crippen molar-refractivity contribution in [2.24, 2.45) is 5.41 Å². The third kappa shape index (κ3) is 3.00.